The van der Waals surface area contributed by atoms with Crippen LogP contribution < -0.4 is 16.6 Å². The molecule has 8 nitrogen and oxygen atoms in total. The topological polar surface area (TPSA) is 119 Å². The molecule has 2 heterocycles. The molecule has 2 aromatic heterocycles. The average Bonchev–Trinajstić information content (AvgIpc) is 2.45. The van der Waals surface area contributed by atoms with E-state index in [4.69, 9.17) is 5.84 Å². The maximum Gasteiger partial charge on any atom is 0.271 e. The highest BCUT2D eigenvalue weighted by Gasteiger charge is 2.07. The Balaban J connectivity index is 1.97. The number of anilines is 1. The maximum atomic E-state index is 11.8. The lowest BCUT2D eigenvalue weighted by molar-refractivity contribution is 0.0945. The molecule has 2 aromatic rings. The number of hydrazine groups is 1. The van der Waals surface area contributed by atoms with E-state index in [0.717, 1.165) is 5.69 Å². The summed E-state index contributed by atoms with van der Waals surface area (Å²) < 4.78 is 0. The van der Waals surface area contributed by atoms with Crippen LogP contribution in [0, 0.1) is 6.92 Å². The molecule has 2 rings (SSSR count). The van der Waals surface area contributed by atoms with Crippen LogP contribution in [0.25, 0.3) is 0 Å². The van der Waals surface area contributed by atoms with Crippen molar-refractivity contribution < 1.29 is 4.79 Å². The van der Waals surface area contributed by atoms with Crippen molar-refractivity contribution in [1.29, 1.82) is 0 Å². The monoisotopic (exact) mass is 259 g/mol. The van der Waals surface area contributed by atoms with E-state index in [1.54, 1.807) is 19.2 Å². The molecule has 0 fully saturated rings. The van der Waals surface area contributed by atoms with Crippen molar-refractivity contribution in [1.82, 2.24) is 25.3 Å². The average molecular weight is 259 g/mol. The van der Waals surface area contributed by atoms with Gasteiger partial charge in [-0.1, -0.05) is 0 Å². The van der Waals surface area contributed by atoms with Crippen molar-refractivity contribution in [2.45, 2.75) is 13.5 Å². The van der Waals surface area contributed by atoms with Crippen LogP contribution in [0.4, 0.5) is 5.82 Å². The van der Waals surface area contributed by atoms with Crippen molar-refractivity contribution in [3.63, 3.8) is 0 Å². The second-order valence-corrected chi connectivity index (χ2v) is 3.71. The molecule has 0 aliphatic rings. The van der Waals surface area contributed by atoms with Gasteiger partial charge in [0.25, 0.3) is 5.91 Å². The first-order chi connectivity index (χ1) is 9.19. The molecule has 0 aliphatic heterocycles. The third-order valence-corrected chi connectivity index (χ3v) is 2.30. The molecule has 0 atom stereocenters. The lowest BCUT2D eigenvalue weighted by Crippen LogP contribution is -2.24. The van der Waals surface area contributed by atoms with Crippen LogP contribution in [0.5, 0.6) is 0 Å². The van der Waals surface area contributed by atoms with Crippen LogP contribution in [-0.2, 0) is 6.54 Å². The summed E-state index contributed by atoms with van der Waals surface area (Å²) in [6.45, 7) is 2.09. The molecule has 19 heavy (non-hydrogen) atoms. The number of hydrogen-bond donors (Lipinski definition) is 3. The number of hydrogen-bond acceptors (Lipinski definition) is 7. The van der Waals surface area contributed by atoms with Crippen LogP contribution in [0.15, 0.2) is 24.7 Å². The first kappa shape index (κ1) is 12.8. The van der Waals surface area contributed by atoms with Crippen molar-refractivity contribution in [2.75, 3.05) is 5.43 Å². The van der Waals surface area contributed by atoms with Gasteiger partial charge in [0.2, 0.25) is 0 Å². The highest BCUT2D eigenvalue weighted by Crippen LogP contribution is 2.00. The minimum atomic E-state index is -0.327. The molecule has 4 N–H and O–H groups in total. The first-order valence-electron chi connectivity index (χ1n) is 5.54. The number of rotatable bonds is 4. The van der Waals surface area contributed by atoms with Crippen molar-refractivity contribution in [3.05, 3.63) is 41.9 Å². The van der Waals surface area contributed by atoms with Crippen molar-refractivity contribution in [3.8, 4) is 0 Å². The van der Waals surface area contributed by atoms with E-state index < -0.39 is 0 Å². The third kappa shape index (κ3) is 3.42. The fraction of sp³-hybridized carbons (Fsp3) is 0.182. The van der Waals surface area contributed by atoms with Gasteiger partial charge in [0.1, 0.15) is 11.5 Å². The number of nitrogen functional groups attached to an aromatic ring is 1. The van der Waals surface area contributed by atoms with Crippen LogP contribution in [0.1, 0.15) is 22.0 Å². The number of aromatic nitrogens is 4. The lowest BCUT2D eigenvalue weighted by atomic mass is 10.3. The van der Waals surface area contributed by atoms with Gasteiger partial charge in [-0.25, -0.2) is 25.8 Å². The summed E-state index contributed by atoms with van der Waals surface area (Å²) in [7, 11) is 0. The number of amides is 1. The van der Waals surface area contributed by atoms with E-state index in [-0.39, 0.29) is 11.6 Å². The molecule has 0 spiro atoms. The van der Waals surface area contributed by atoms with Crippen LogP contribution in [0.3, 0.4) is 0 Å². The molecule has 0 aromatic carbocycles. The van der Waals surface area contributed by atoms with Gasteiger partial charge in [-0.3, -0.25) is 4.79 Å². The van der Waals surface area contributed by atoms with E-state index in [2.05, 4.69) is 30.7 Å². The van der Waals surface area contributed by atoms with Gasteiger partial charge >= 0.3 is 0 Å². The molecule has 0 bridgehead atoms. The van der Waals surface area contributed by atoms with Crippen LogP contribution in [0.2, 0.25) is 0 Å². The summed E-state index contributed by atoms with van der Waals surface area (Å²) >= 11 is 0. The normalized spacial score (nSPS) is 10.0. The Morgan fingerprint density at radius 2 is 2.16 bits per heavy atom. The van der Waals surface area contributed by atoms with Crippen molar-refractivity contribution in [2.24, 2.45) is 5.84 Å². The van der Waals surface area contributed by atoms with E-state index in [9.17, 15) is 4.79 Å². The number of nitrogens with zero attached hydrogens (tertiary/aromatic N) is 4. The Hall–Kier alpha value is -2.61. The Labute approximate surface area is 109 Å². The van der Waals surface area contributed by atoms with Gasteiger partial charge < -0.3 is 10.7 Å². The quantitative estimate of drug-likeness (QED) is 0.513. The summed E-state index contributed by atoms with van der Waals surface area (Å²) in [6.07, 6.45) is 4.37. The van der Waals surface area contributed by atoms with Crippen LogP contribution >= 0.6 is 0 Å². The summed E-state index contributed by atoms with van der Waals surface area (Å²) in [5.41, 5.74) is 3.28. The second kappa shape index (κ2) is 5.83. The summed E-state index contributed by atoms with van der Waals surface area (Å²) in [5.74, 6) is 5.88. The highest BCUT2D eigenvalue weighted by molar-refractivity contribution is 5.91. The fourth-order valence-corrected chi connectivity index (χ4v) is 1.38. The largest absolute Gasteiger partial charge is 0.345 e. The Morgan fingerprint density at radius 1 is 1.32 bits per heavy atom. The predicted molar refractivity (Wildman–Crippen MR) is 67.8 cm³/mol. The maximum absolute atomic E-state index is 11.8. The van der Waals surface area contributed by atoms with E-state index >= 15 is 0 Å². The highest BCUT2D eigenvalue weighted by atomic mass is 16.1. The fourth-order valence-electron chi connectivity index (χ4n) is 1.38. The standard InChI is InChI=1S/C11H13N7O/c1-7-13-3-2-8(17-7)4-16-11(19)9-5-15-10(18-12)6-14-9/h2-3,5-6H,4,12H2,1H3,(H,15,18)(H,16,19). The molecule has 8 heteroatoms. The molecule has 0 saturated carbocycles. The number of nitrogens with one attached hydrogen (secondary N) is 2. The number of nitrogens with two attached hydrogens (primary N) is 1. The van der Waals surface area contributed by atoms with E-state index in [1.807, 2.05) is 0 Å². The van der Waals surface area contributed by atoms with Gasteiger partial charge in [0.05, 0.1) is 24.6 Å². The molecular weight excluding hydrogens is 246 g/mol. The minimum absolute atomic E-state index is 0.213. The van der Waals surface area contributed by atoms with Gasteiger partial charge in [-0.2, -0.15) is 0 Å². The smallest absolute Gasteiger partial charge is 0.271 e. The molecule has 0 radical (unpaired) electrons. The van der Waals surface area contributed by atoms with E-state index in [1.165, 1.54) is 12.4 Å². The summed E-state index contributed by atoms with van der Waals surface area (Å²) in [5, 5.41) is 2.70. The SMILES string of the molecule is Cc1nccc(CNC(=O)c2cnc(NN)cn2)n1. The van der Waals surface area contributed by atoms with Gasteiger partial charge in [-0.15, -0.1) is 0 Å². The van der Waals surface area contributed by atoms with Gasteiger partial charge in [-0.05, 0) is 13.0 Å². The molecule has 1 amide bonds. The summed E-state index contributed by atoms with van der Waals surface area (Å²) in [6, 6.07) is 1.74. The second-order valence-electron chi connectivity index (χ2n) is 3.71. The zero-order valence-electron chi connectivity index (χ0n) is 10.3. The number of carbonyl (C=O) groups excluding carboxylic acids is 1. The molecule has 98 valence electrons. The third-order valence-electron chi connectivity index (χ3n) is 2.30. The Kier molecular flexibility index (Phi) is 3.94. The van der Waals surface area contributed by atoms with Gasteiger partial charge in [0, 0.05) is 6.20 Å². The number of carbonyl (C=O) groups is 1. The predicted octanol–water partition coefficient (Wildman–Crippen LogP) is -0.209. The molecular formula is C11H13N7O. The Bertz CT molecular complexity index is 570. The molecule has 0 aliphatic carbocycles. The molecule has 0 unspecified atom stereocenters. The van der Waals surface area contributed by atoms with Crippen LogP contribution in [-0.4, -0.2) is 25.8 Å². The lowest BCUT2D eigenvalue weighted by Gasteiger charge is -2.05. The minimum Gasteiger partial charge on any atom is -0.345 e. The molecule has 0 saturated heterocycles. The van der Waals surface area contributed by atoms with Gasteiger partial charge in [0.15, 0.2) is 5.82 Å². The summed E-state index contributed by atoms with van der Waals surface area (Å²) in [4.78, 5) is 27.8. The van der Waals surface area contributed by atoms with E-state index in [0.29, 0.717) is 18.2 Å². The Morgan fingerprint density at radius 3 is 2.79 bits per heavy atom. The zero-order valence-corrected chi connectivity index (χ0v) is 10.3. The van der Waals surface area contributed by atoms with Crippen molar-refractivity contribution >= 4 is 11.7 Å². The zero-order chi connectivity index (χ0) is 13.7. The first-order valence-corrected chi connectivity index (χ1v) is 5.54. The number of aryl methyl sites for hydroxylation is 1.